The summed E-state index contributed by atoms with van der Waals surface area (Å²) < 4.78 is 0. The fourth-order valence-electron chi connectivity index (χ4n) is 5.93. The molecule has 168 valence electrons. The summed E-state index contributed by atoms with van der Waals surface area (Å²) in [4.78, 5) is 30.9. The Labute approximate surface area is 190 Å². The number of fused-ring (bicyclic) bond motifs is 4. The molecule has 0 radical (unpaired) electrons. The van der Waals surface area contributed by atoms with Crippen LogP contribution in [0.4, 0.5) is 4.79 Å². The van der Waals surface area contributed by atoms with Gasteiger partial charge in [-0.05, 0) is 61.3 Å². The van der Waals surface area contributed by atoms with E-state index in [9.17, 15) is 9.59 Å². The largest absolute Gasteiger partial charge is 0.335 e. The van der Waals surface area contributed by atoms with Gasteiger partial charge in [0.05, 0.1) is 18.0 Å². The van der Waals surface area contributed by atoms with Crippen molar-refractivity contribution in [1.82, 2.24) is 15.1 Å². The predicted molar refractivity (Wildman–Crippen MR) is 125 cm³/mol. The number of carbonyl (C=O) groups excluding carboxylic acids is 2. The van der Waals surface area contributed by atoms with Crippen LogP contribution in [-0.2, 0) is 17.6 Å². The zero-order chi connectivity index (χ0) is 22.2. The number of aryl methyl sites for hydroxylation is 1. The SMILES string of the molecule is CCc1ccc2c(c1)CCN1C(=O)[C@H]3CCCN(C(=O)N[C@H](C)c4ccccc4)[C@H]3C[C@H]21. The second-order valence-electron chi connectivity index (χ2n) is 9.51. The van der Waals surface area contributed by atoms with E-state index >= 15 is 0 Å². The van der Waals surface area contributed by atoms with Crippen LogP contribution in [0.25, 0.3) is 0 Å². The fraction of sp³-hybridized carbons (Fsp3) is 0.481. The Hall–Kier alpha value is -2.82. The Morgan fingerprint density at radius 2 is 1.97 bits per heavy atom. The second-order valence-corrected chi connectivity index (χ2v) is 9.51. The van der Waals surface area contributed by atoms with E-state index in [0.717, 1.165) is 50.8 Å². The lowest BCUT2D eigenvalue weighted by molar-refractivity contribution is -0.148. The van der Waals surface area contributed by atoms with Gasteiger partial charge in [0.15, 0.2) is 0 Å². The summed E-state index contributed by atoms with van der Waals surface area (Å²) in [5.74, 6) is 0.166. The van der Waals surface area contributed by atoms with Crippen LogP contribution >= 0.6 is 0 Å². The number of rotatable bonds is 3. The van der Waals surface area contributed by atoms with Gasteiger partial charge in [-0.3, -0.25) is 4.79 Å². The number of piperidine rings is 2. The lowest BCUT2D eigenvalue weighted by Crippen LogP contribution is -2.61. The quantitative estimate of drug-likeness (QED) is 0.770. The number of carbonyl (C=O) groups is 2. The lowest BCUT2D eigenvalue weighted by Gasteiger charge is -2.51. The highest BCUT2D eigenvalue weighted by atomic mass is 16.2. The molecule has 0 aromatic heterocycles. The molecule has 5 nitrogen and oxygen atoms in total. The molecule has 0 bridgehead atoms. The number of likely N-dealkylation sites (tertiary alicyclic amines) is 1. The molecule has 32 heavy (non-hydrogen) atoms. The Bertz CT molecular complexity index is 1010. The van der Waals surface area contributed by atoms with Gasteiger partial charge in [0.2, 0.25) is 5.91 Å². The maximum absolute atomic E-state index is 13.5. The Balaban J connectivity index is 1.38. The number of amides is 3. The van der Waals surface area contributed by atoms with Gasteiger partial charge in [-0.15, -0.1) is 0 Å². The fourth-order valence-corrected chi connectivity index (χ4v) is 5.93. The molecule has 2 fully saturated rings. The average Bonchev–Trinajstić information content (AvgIpc) is 2.83. The smallest absolute Gasteiger partial charge is 0.318 e. The molecule has 2 saturated heterocycles. The molecule has 3 heterocycles. The van der Waals surface area contributed by atoms with E-state index in [2.05, 4.69) is 35.3 Å². The van der Waals surface area contributed by atoms with Crippen molar-refractivity contribution in [3.05, 3.63) is 70.8 Å². The van der Waals surface area contributed by atoms with Gasteiger partial charge in [-0.2, -0.15) is 0 Å². The summed E-state index contributed by atoms with van der Waals surface area (Å²) in [6, 6.07) is 16.7. The van der Waals surface area contributed by atoms with Crippen molar-refractivity contribution in [1.29, 1.82) is 0 Å². The number of urea groups is 1. The third-order valence-corrected chi connectivity index (χ3v) is 7.72. The van der Waals surface area contributed by atoms with Gasteiger partial charge in [-0.25, -0.2) is 4.79 Å². The third kappa shape index (κ3) is 3.68. The highest BCUT2D eigenvalue weighted by Gasteiger charge is 2.48. The molecule has 0 unspecified atom stereocenters. The minimum absolute atomic E-state index is 0.0303. The normalized spacial score (nSPS) is 25.4. The van der Waals surface area contributed by atoms with Crippen molar-refractivity contribution in [3.63, 3.8) is 0 Å². The molecule has 0 spiro atoms. The number of nitrogens with one attached hydrogen (secondary N) is 1. The molecule has 3 aliphatic rings. The zero-order valence-corrected chi connectivity index (χ0v) is 19.1. The summed E-state index contributed by atoms with van der Waals surface area (Å²) in [6.45, 7) is 5.71. The number of hydrogen-bond acceptors (Lipinski definition) is 2. The monoisotopic (exact) mass is 431 g/mol. The van der Waals surface area contributed by atoms with Crippen LogP contribution in [0.3, 0.4) is 0 Å². The van der Waals surface area contributed by atoms with Crippen LogP contribution in [0.15, 0.2) is 48.5 Å². The van der Waals surface area contributed by atoms with Crippen LogP contribution in [0.1, 0.15) is 67.4 Å². The van der Waals surface area contributed by atoms with Gasteiger partial charge in [0.1, 0.15) is 0 Å². The molecule has 1 N–H and O–H groups in total. The zero-order valence-electron chi connectivity index (χ0n) is 19.1. The maximum atomic E-state index is 13.5. The number of nitrogens with zero attached hydrogens (tertiary/aromatic N) is 2. The molecule has 3 aliphatic heterocycles. The molecule has 0 saturated carbocycles. The summed E-state index contributed by atoms with van der Waals surface area (Å²) in [6.07, 6.45) is 4.56. The van der Waals surface area contributed by atoms with E-state index in [1.54, 1.807) is 0 Å². The summed E-state index contributed by atoms with van der Waals surface area (Å²) >= 11 is 0. The first-order valence-electron chi connectivity index (χ1n) is 12.1. The predicted octanol–water partition coefficient (Wildman–Crippen LogP) is 4.63. The van der Waals surface area contributed by atoms with E-state index in [1.807, 2.05) is 42.2 Å². The molecule has 2 aromatic carbocycles. The Kier molecular flexibility index (Phi) is 5.66. The highest BCUT2D eigenvalue weighted by Crippen LogP contribution is 2.43. The Morgan fingerprint density at radius 1 is 1.16 bits per heavy atom. The van der Waals surface area contributed by atoms with Crippen molar-refractivity contribution < 1.29 is 9.59 Å². The van der Waals surface area contributed by atoms with E-state index in [-0.39, 0.29) is 36.0 Å². The summed E-state index contributed by atoms with van der Waals surface area (Å²) in [5, 5.41) is 3.18. The second kappa shape index (κ2) is 8.61. The molecule has 3 amide bonds. The summed E-state index contributed by atoms with van der Waals surface area (Å²) in [5.41, 5.74) is 5.10. The molecule has 5 rings (SSSR count). The van der Waals surface area contributed by atoms with Gasteiger partial charge < -0.3 is 15.1 Å². The van der Waals surface area contributed by atoms with Crippen LogP contribution in [0.5, 0.6) is 0 Å². The first-order valence-corrected chi connectivity index (χ1v) is 12.1. The van der Waals surface area contributed by atoms with Crippen molar-refractivity contribution in [3.8, 4) is 0 Å². The van der Waals surface area contributed by atoms with Crippen LogP contribution in [0.2, 0.25) is 0 Å². The van der Waals surface area contributed by atoms with Crippen molar-refractivity contribution in [2.24, 2.45) is 5.92 Å². The minimum atomic E-state index is -0.0748. The van der Waals surface area contributed by atoms with Gasteiger partial charge in [0, 0.05) is 19.1 Å². The third-order valence-electron chi connectivity index (χ3n) is 7.72. The molecule has 0 aliphatic carbocycles. The Morgan fingerprint density at radius 3 is 2.75 bits per heavy atom. The molecular weight excluding hydrogens is 398 g/mol. The average molecular weight is 432 g/mol. The van der Waals surface area contributed by atoms with Crippen LogP contribution in [0, 0.1) is 5.92 Å². The first-order chi connectivity index (χ1) is 15.6. The minimum Gasteiger partial charge on any atom is -0.335 e. The van der Waals surface area contributed by atoms with E-state index < -0.39 is 0 Å². The van der Waals surface area contributed by atoms with Crippen molar-refractivity contribution in [2.45, 2.75) is 64.1 Å². The highest BCUT2D eigenvalue weighted by molar-refractivity contribution is 5.83. The van der Waals surface area contributed by atoms with Gasteiger partial charge in [0.25, 0.3) is 0 Å². The van der Waals surface area contributed by atoms with Crippen LogP contribution in [-0.4, -0.2) is 40.9 Å². The van der Waals surface area contributed by atoms with E-state index in [4.69, 9.17) is 0 Å². The van der Waals surface area contributed by atoms with Gasteiger partial charge >= 0.3 is 6.03 Å². The molecule has 4 atom stereocenters. The molecular formula is C27H33N3O2. The van der Waals surface area contributed by atoms with Crippen molar-refractivity contribution >= 4 is 11.9 Å². The van der Waals surface area contributed by atoms with Crippen LogP contribution < -0.4 is 5.32 Å². The van der Waals surface area contributed by atoms with Crippen molar-refractivity contribution in [2.75, 3.05) is 13.1 Å². The van der Waals surface area contributed by atoms with E-state index in [0.29, 0.717) is 0 Å². The standard InChI is InChI=1S/C27H33N3O2/c1-3-19-11-12-22-21(16-19)13-15-29-24(22)17-25-23(26(29)31)10-7-14-30(25)27(32)28-18(2)20-8-5-4-6-9-20/h4-6,8-9,11-12,16,18,23-25H,3,7,10,13-15,17H2,1-2H3,(H,28,32)/t18-,23+,24-,25+/m1/s1. The van der Waals surface area contributed by atoms with Gasteiger partial charge in [-0.1, -0.05) is 55.5 Å². The summed E-state index contributed by atoms with van der Waals surface area (Å²) in [7, 11) is 0. The lowest BCUT2D eigenvalue weighted by atomic mass is 9.76. The molecule has 5 heteroatoms. The maximum Gasteiger partial charge on any atom is 0.318 e. The number of benzene rings is 2. The first kappa shape index (κ1) is 21.0. The topological polar surface area (TPSA) is 52.7 Å². The van der Waals surface area contributed by atoms with E-state index in [1.165, 1.54) is 16.7 Å². The number of hydrogen-bond donors (Lipinski definition) is 1. The molecule has 2 aromatic rings.